The Morgan fingerprint density at radius 1 is 1.15 bits per heavy atom. The lowest BCUT2D eigenvalue weighted by molar-refractivity contribution is -0.141. The molecule has 0 radical (unpaired) electrons. The first-order chi connectivity index (χ1) is 12.7. The second-order valence-corrected chi connectivity index (χ2v) is 7.26. The molecule has 2 aliphatic heterocycles. The molecule has 0 aromatic carbocycles. The third-order valence-electron chi connectivity index (χ3n) is 5.62. The first-order valence-electron chi connectivity index (χ1n) is 9.76. The van der Waals surface area contributed by atoms with Gasteiger partial charge in [0.05, 0.1) is 7.11 Å². The maximum absolute atomic E-state index is 12.5. The number of piperidine rings is 2. The van der Waals surface area contributed by atoms with Crippen LogP contribution in [0.25, 0.3) is 0 Å². The van der Waals surface area contributed by atoms with Gasteiger partial charge in [-0.15, -0.1) is 0 Å². The van der Waals surface area contributed by atoms with Crippen molar-refractivity contribution in [1.29, 1.82) is 0 Å². The predicted molar refractivity (Wildman–Crippen MR) is 97.6 cm³/mol. The number of hydrogen-bond acceptors (Lipinski definition) is 5. The number of carbonyl (C=O) groups excluding carboxylic acids is 2. The van der Waals surface area contributed by atoms with Crippen LogP contribution in [0.2, 0.25) is 0 Å². The lowest BCUT2D eigenvalue weighted by Gasteiger charge is -2.40. The van der Waals surface area contributed by atoms with Crippen molar-refractivity contribution in [3.8, 4) is 0 Å². The van der Waals surface area contributed by atoms with Gasteiger partial charge in [-0.3, -0.25) is 9.59 Å². The van der Waals surface area contributed by atoms with Gasteiger partial charge in [0, 0.05) is 44.4 Å². The van der Waals surface area contributed by atoms with Crippen molar-refractivity contribution in [3.63, 3.8) is 0 Å². The molecule has 0 aliphatic carbocycles. The van der Waals surface area contributed by atoms with Crippen molar-refractivity contribution in [2.24, 2.45) is 0 Å². The zero-order valence-electron chi connectivity index (χ0n) is 15.7. The number of ether oxygens (including phenoxy) is 1. The normalized spacial score (nSPS) is 19.5. The first kappa shape index (κ1) is 18.9. The molecule has 3 rings (SSSR count). The van der Waals surface area contributed by atoms with Crippen LogP contribution in [0.5, 0.6) is 0 Å². The number of esters is 1. The van der Waals surface area contributed by atoms with Gasteiger partial charge in [-0.05, 0) is 38.8 Å². The summed E-state index contributed by atoms with van der Waals surface area (Å²) in [5.74, 6) is 0.636. The lowest BCUT2D eigenvalue weighted by atomic mass is 9.99. The van der Waals surface area contributed by atoms with Crippen LogP contribution in [0.15, 0.2) is 12.4 Å². The molecule has 2 aliphatic rings. The highest BCUT2D eigenvalue weighted by Crippen LogP contribution is 2.21. The smallest absolute Gasteiger partial charge is 0.325 e. The topological polar surface area (TPSA) is 67.7 Å². The standard InChI is InChI=1S/C19H30N4O3/c1-26-19(25)15-23-14-9-20-17(23)5-6-18(24)22-12-7-16(8-13-22)21-10-3-2-4-11-21/h9,14,16H,2-8,10-13,15H2,1H3. The van der Waals surface area contributed by atoms with E-state index in [4.69, 9.17) is 4.74 Å². The molecule has 1 amide bonds. The summed E-state index contributed by atoms with van der Waals surface area (Å²) in [6, 6.07) is 0.651. The van der Waals surface area contributed by atoms with Crippen LogP contribution in [-0.2, 0) is 27.3 Å². The Labute approximate surface area is 155 Å². The largest absolute Gasteiger partial charge is 0.468 e. The maximum Gasteiger partial charge on any atom is 0.325 e. The minimum atomic E-state index is -0.310. The monoisotopic (exact) mass is 362 g/mol. The lowest BCUT2D eigenvalue weighted by Crippen LogP contribution is -2.48. The van der Waals surface area contributed by atoms with E-state index < -0.39 is 0 Å². The van der Waals surface area contributed by atoms with Crippen LogP contribution in [0.4, 0.5) is 0 Å². The number of hydrogen-bond donors (Lipinski definition) is 0. The number of methoxy groups -OCH3 is 1. The maximum atomic E-state index is 12.5. The van der Waals surface area contributed by atoms with Gasteiger partial charge in [-0.2, -0.15) is 0 Å². The number of nitrogens with zero attached hydrogens (tertiary/aromatic N) is 4. The minimum absolute atomic E-state index is 0.140. The predicted octanol–water partition coefficient (Wildman–Crippen LogP) is 1.47. The van der Waals surface area contributed by atoms with Crippen molar-refractivity contribution in [2.75, 3.05) is 33.3 Å². The summed E-state index contributed by atoms with van der Waals surface area (Å²) in [6.45, 7) is 4.30. The van der Waals surface area contributed by atoms with E-state index in [1.807, 2.05) is 4.90 Å². The van der Waals surface area contributed by atoms with E-state index in [-0.39, 0.29) is 18.4 Å². The van der Waals surface area contributed by atoms with Crippen LogP contribution >= 0.6 is 0 Å². The van der Waals surface area contributed by atoms with Gasteiger partial charge in [0.25, 0.3) is 0 Å². The number of aryl methyl sites for hydroxylation is 1. The van der Waals surface area contributed by atoms with Crippen LogP contribution in [0, 0.1) is 0 Å². The van der Waals surface area contributed by atoms with E-state index in [1.54, 1.807) is 17.0 Å². The SMILES string of the molecule is COC(=O)Cn1ccnc1CCC(=O)N1CCC(N2CCCCC2)CC1. The fraction of sp³-hybridized carbons (Fsp3) is 0.737. The summed E-state index contributed by atoms with van der Waals surface area (Å²) in [7, 11) is 1.37. The Morgan fingerprint density at radius 2 is 1.88 bits per heavy atom. The molecular weight excluding hydrogens is 332 g/mol. The Morgan fingerprint density at radius 3 is 2.58 bits per heavy atom. The van der Waals surface area contributed by atoms with E-state index in [2.05, 4.69) is 9.88 Å². The van der Waals surface area contributed by atoms with Crippen LogP contribution < -0.4 is 0 Å². The average molecular weight is 362 g/mol. The first-order valence-corrected chi connectivity index (χ1v) is 9.76. The van der Waals surface area contributed by atoms with Crippen molar-refractivity contribution in [2.45, 2.75) is 57.5 Å². The van der Waals surface area contributed by atoms with Gasteiger partial charge in [-0.25, -0.2) is 4.98 Å². The van der Waals surface area contributed by atoms with Crippen molar-refractivity contribution >= 4 is 11.9 Å². The fourth-order valence-electron chi connectivity index (χ4n) is 4.06. The summed E-state index contributed by atoms with van der Waals surface area (Å²) in [5, 5.41) is 0. The van der Waals surface area contributed by atoms with E-state index in [1.165, 1.54) is 39.5 Å². The van der Waals surface area contributed by atoms with Crippen molar-refractivity contribution in [1.82, 2.24) is 19.4 Å². The highest BCUT2D eigenvalue weighted by molar-refractivity contribution is 5.76. The summed E-state index contributed by atoms with van der Waals surface area (Å²) in [5.41, 5.74) is 0. The molecule has 0 N–H and O–H groups in total. The van der Waals surface area contributed by atoms with E-state index >= 15 is 0 Å². The molecule has 0 saturated carbocycles. The quantitative estimate of drug-likeness (QED) is 0.717. The molecule has 1 aromatic heterocycles. The zero-order valence-corrected chi connectivity index (χ0v) is 15.7. The second-order valence-electron chi connectivity index (χ2n) is 7.26. The Hall–Kier alpha value is -1.89. The zero-order chi connectivity index (χ0) is 18.4. The van der Waals surface area contributed by atoms with Gasteiger partial charge in [0.15, 0.2) is 0 Å². The van der Waals surface area contributed by atoms with Crippen LogP contribution in [0.3, 0.4) is 0 Å². The average Bonchev–Trinajstić information content (AvgIpc) is 3.13. The Bertz CT molecular complexity index is 602. The summed E-state index contributed by atoms with van der Waals surface area (Å²) >= 11 is 0. The van der Waals surface area contributed by atoms with E-state index in [0.717, 1.165) is 31.8 Å². The van der Waals surface area contributed by atoms with Crippen molar-refractivity contribution < 1.29 is 14.3 Å². The fourth-order valence-corrected chi connectivity index (χ4v) is 4.06. The number of aromatic nitrogens is 2. The van der Waals surface area contributed by atoms with Gasteiger partial charge >= 0.3 is 5.97 Å². The van der Waals surface area contributed by atoms with Gasteiger partial charge in [-0.1, -0.05) is 6.42 Å². The molecule has 144 valence electrons. The molecule has 2 fully saturated rings. The molecule has 1 aromatic rings. The number of imidazole rings is 1. The summed E-state index contributed by atoms with van der Waals surface area (Å²) in [6.07, 6.45) is 10.6. The van der Waals surface area contributed by atoms with Crippen molar-refractivity contribution in [3.05, 3.63) is 18.2 Å². The highest BCUT2D eigenvalue weighted by atomic mass is 16.5. The molecule has 0 atom stereocenters. The molecule has 26 heavy (non-hydrogen) atoms. The van der Waals surface area contributed by atoms with E-state index in [0.29, 0.717) is 18.9 Å². The van der Waals surface area contributed by atoms with E-state index in [9.17, 15) is 9.59 Å². The second kappa shape index (κ2) is 9.16. The number of carbonyl (C=O) groups is 2. The number of amides is 1. The Kier molecular flexibility index (Phi) is 6.66. The molecule has 7 nitrogen and oxygen atoms in total. The molecule has 0 spiro atoms. The number of likely N-dealkylation sites (tertiary alicyclic amines) is 2. The highest BCUT2D eigenvalue weighted by Gasteiger charge is 2.27. The summed E-state index contributed by atoms with van der Waals surface area (Å²) in [4.78, 5) is 32.9. The molecule has 7 heteroatoms. The van der Waals surface area contributed by atoms with Gasteiger partial charge in [0.2, 0.25) is 5.91 Å². The molecular formula is C19H30N4O3. The Balaban J connectivity index is 1.43. The van der Waals surface area contributed by atoms with Crippen LogP contribution in [-0.4, -0.2) is 70.6 Å². The van der Waals surface area contributed by atoms with Gasteiger partial charge in [0.1, 0.15) is 12.4 Å². The molecule has 3 heterocycles. The molecule has 0 bridgehead atoms. The summed E-state index contributed by atoms with van der Waals surface area (Å²) < 4.78 is 6.44. The number of rotatable bonds is 6. The third kappa shape index (κ3) is 4.84. The van der Waals surface area contributed by atoms with Gasteiger partial charge < -0.3 is 19.1 Å². The minimum Gasteiger partial charge on any atom is -0.468 e. The van der Waals surface area contributed by atoms with Crippen LogP contribution in [0.1, 0.15) is 44.3 Å². The third-order valence-corrected chi connectivity index (χ3v) is 5.62. The molecule has 2 saturated heterocycles. The molecule has 0 unspecified atom stereocenters.